The Morgan fingerprint density at radius 2 is 1.87 bits per heavy atom. The minimum Gasteiger partial charge on any atom is -0.506 e. The smallest absolute Gasteiger partial charge is 0.131 e. The maximum atomic E-state index is 11.3. The number of hydrogen-bond acceptors (Lipinski definition) is 6. The molecule has 0 radical (unpaired) electrons. The minimum atomic E-state index is -0.994. The van der Waals surface area contributed by atoms with Crippen molar-refractivity contribution in [3.8, 4) is 6.07 Å². The Kier molecular flexibility index (Phi) is 10.1. The van der Waals surface area contributed by atoms with Gasteiger partial charge in [0.1, 0.15) is 11.4 Å². The number of aliphatic hydroxyl groups excluding tert-OH is 1. The van der Waals surface area contributed by atoms with E-state index in [2.05, 4.69) is 29.5 Å². The van der Waals surface area contributed by atoms with Gasteiger partial charge in [0.15, 0.2) is 0 Å². The van der Waals surface area contributed by atoms with Gasteiger partial charge in [0, 0.05) is 29.3 Å². The van der Waals surface area contributed by atoms with Crippen LogP contribution in [-0.2, 0) is 5.60 Å². The molecule has 202 valence electrons. The SMILES string of the molecule is C=C(O)/C(=C/C(=C)C(C)C)Nc1cccc(C#N)c1.Nc1cccc(C(O)(CCC2CC2)c2cccnc2)c1. The largest absolute Gasteiger partial charge is 0.506 e. The van der Waals surface area contributed by atoms with Crippen LogP contribution in [0.5, 0.6) is 0 Å². The number of anilines is 2. The lowest BCUT2D eigenvalue weighted by molar-refractivity contribution is 0.0667. The number of rotatable bonds is 10. The molecule has 39 heavy (non-hydrogen) atoms. The third kappa shape index (κ3) is 8.59. The Labute approximate surface area is 231 Å². The summed E-state index contributed by atoms with van der Waals surface area (Å²) in [6.45, 7) is 11.5. The molecule has 0 aliphatic heterocycles. The molecule has 6 heteroatoms. The van der Waals surface area contributed by atoms with Crippen LogP contribution >= 0.6 is 0 Å². The zero-order chi connectivity index (χ0) is 28.4. The normalized spacial score (nSPS) is 14.4. The predicted octanol–water partition coefficient (Wildman–Crippen LogP) is 7.23. The van der Waals surface area contributed by atoms with Gasteiger partial charge >= 0.3 is 0 Å². The lowest BCUT2D eigenvalue weighted by Crippen LogP contribution is -2.27. The maximum Gasteiger partial charge on any atom is 0.131 e. The summed E-state index contributed by atoms with van der Waals surface area (Å²) < 4.78 is 0. The highest BCUT2D eigenvalue weighted by Gasteiger charge is 2.34. The molecule has 1 fully saturated rings. The number of benzene rings is 2. The molecule has 0 saturated heterocycles. The number of allylic oxidation sites excluding steroid dienone is 2. The van der Waals surface area contributed by atoms with E-state index in [0.717, 1.165) is 34.7 Å². The molecule has 0 spiro atoms. The Morgan fingerprint density at radius 3 is 2.46 bits per heavy atom. The van der Waals surface area contributed by atoms with Gasteiger partial charge in [0.05, 0.1) is 17.3 Å². The van der Waals surface area contributed by atoms with Crippen LogP contribution in [0.3, 0.4) is 0 Å². The van der Waals surface area contributed by atoms with Crippen molar-refractivity contribution in [1.82, 2.24) is 4.98 Å². The van der Waals surface area contributed by atoms with E-state index in [1.165, 1.54) is 12.8 Å². The van der Waals surface area contributed by atoms with Crippen LogP contribution in [-0.4, -0.2) is 15.2 Å². The van der Waals surface area contributed by atoms with E-state index >= 15 is 0 Å². The van der Waals surface area contributed by atoms with E-state index in [1.54, 1.807) is 36.7 Å². The van der Waals surface area contributed by atoms with Crippen LogP contribution in [0.25, 0.3) is 0 Å². The second-order valence-corrected chi connectivity index (χ2v) is 10.3. The maximum absolute atomic E-state index is 11.3. The van der Waals surface area contributed by atoms with Crippen LogP contribution in [0.2, 0.25) is 0 Å². The van der Waals surface area contributed by atoms with Crippen LogP contribution in [0, 0.1) is 23.2 Å². The number of nitrogen functional groups attached to an aromatic ring is 1. The highest BCUT2D eigenvalue weighted by atomic mass is 16.3. The van der Waals surface area contributed by atoms with Crippen LogP contribution in [0.1, 0.15) is 56.2 Å². The van der Waals surface area contributed by atoms with Crippen molar-refractivity contribution in [3.63, 3.8) is 0 Å². The molecule has 0 bridgehead atoms. The van der Waals surface area contributed by atoms with E-state index < -0.39 is 5.60 Å². The van der Waals surface area contributed by atoms with Gasteiger partial charge in [-0.05, 0) is 72.7 Å². The van der Waals surface area contributed by atoms with Crippen LogP contribution in [0.4, 0.5) is 11.4 Å². The van der Waals surface area contributed by atoms with E-state index in [1.807, 2.05) is 56.3 Å². The fourth-order valence-corrected chi connectivity index (χ4v) is 4.04. The molecule has 1 aromatic heterocycles. The zero-order valence-electron chi connectivity index (χ0n) is 22.8. The van der Waals surface area contributed by atoms with Crippen molar-refractivity contribution in [1.29, 1.82) is 5.26 Å². The molecule has 1 heterocycles. The molecule has 4 rings (SSSR count). The van der Waals surface area contributed by atoms with Gasteiger partial charge in [0.2, 0.25) is 0 Å². The number of aliphatic hydroxyl groups is 2. The van der Waals surface area contributed by atoms with Crippen molar-refractivity contribution in [2.45, 2.75) is 45.1 Å². The standard InChI is InChI=1S/C17H20N2O.C16H18N2O/c18-16-5-1-3-14(11-16)17(20,9-8-13-6-7-13)15-4-2-10-19-12-15;1-11(2)12(3)8-16(13(4)19)18-15-7-5-6-14(9-15)10-17/h1-5,10-13,20H,6-9,18H2;5-9,11,18-19H,3-4H2,1-2H3/b;16-8-. The summed E-state index contributed by atoms with van der Waals surface area (Å²) in [5.41, 5.74) is 9.89. The summed E-state index contributed by atoms with van der Waals surface area (Å²) >= 11 is 0. The van der Waals surface area contributed by atoms with Crippen LogP contribution in [0.15, 0.2) is 109 Å². The predicted molar refractivity (Wildman–Crippen MR) is 159 cm³/mol. The summed E-state index contributed by atoms with van der Waals surface area (Å²) in [5, 5.41) is 32.7. The monoisotopic (exact) mass is 522 g/mol. The summed E-state index contributed by atoms with van der Waals surface area (Å²) in [4.78, 5) is 4.15. The molecule has 1 saturated carbocycles. The van der Waals surface area contributed by atoms with E-state index in [0.29, 0.717) is 23.4 Å². The highest BCUT2D eigenvalue weighted by Crippen LogP contribution is 2.41. The van der Waals surface area contributed by atoms with E-state index in [9.17, 15) is 10.2 Å². The summed E-state index contributed by atoms with van der Waals surface area (Å²) in [7, 11) is 0. The van der Waals surface area contributed by atoms with E-state index in [-0.39, 0.29) is 11.7 Å². The lowest BCUT2D eigenvalue weighted by Gasteiger charge is -2.29. The molecule has 3 aromatic rings. The van der Waals surface area contributed by atoms with Crippen molar-refractivity contribution in [2.24, 2.45) is 11.8 Å². The highest BCUT2D eigenvalue weighted by molar-refractivity contribution is 5.56. The lowest BCUT2D eigenvalue weighted by atomic mass is 9.82. The number of aromatic nitrogens is 1. The third-order valence-electron chi connectivity index (χ3n) is 6.77. The molecule has 0 amide bonds. The fraction of sp³-hybridized carbons (Fsp3) is 0.273. The first-order valence-corrected chi connectivity index (χ1v) is 13.2. The molecule has 6 nitrogen and oxygen atoms in total. The molecule has 1 unspecified atom stereocenters. The molecule has 1 atom stereocenters. The van der Waals surface area contributed by atoms with Gasteiger partial charge in [-0.3, -0.25) is 4.98 Å². The van der Waals surface area contributed by atoms with Gasteiger partial charge in [0.25, 0.3) is 0 Å². The van der Waals surface area contributed by atoms with Gasteiger partial charge in [-0.15, -0.1) is 0 Å². The van der Waals surface area contributed by atoms with Gasteiger partial charge in [-0.2, -0.15) is 5.26 Å². The first-order chi connectivity index (χ1) is 18.6. The number of nitrogens with two attached hydrogens (primary N) is 1. The molecule has 2 aromatic carbocycles. The Morgan fingerprint density at radius 1 is 1.15 bits per heavy atom. The number of nitrogens with zero attached hydrogens (tertiary/aromatic N) is 2. The first-order valence-electron chi connectivity index (χ1n) is 13.2. The molecular weight excluding hydrogens is 484 g/mol. The number of nitrogens with one attached hydrogen (secondary N) is 1. The van der Waals surface area contributed by atoms with Crippen molar-refractivity contribution < 1.29 is 10.2 Å². The van der Waals surface area contributed by atoms with Gasteiger partial charge in [-0.1, -0.05) is 69.7 Å². The molecule has 1 aliphatic rings. The third-order valence-corrected chi connectivity index (χ3v) is 6.77. The average Bonchev–Trinajstić information content (AvgIpc) is 3.77. The van der Waals surface area contributed by atoms with Crippen molar-refractivity contribution in [2.75, 3.05) is 11.1 Å². The van der Waals surface area contributed by atoms with Gasteiger partial charge in [-0.25, -0.2) is 0 Å². The molecule has 1 aliphatic carbocycles. The average molecular weight is 523 g/mol. The first kappa shape index (κ1) is 29.2. The summed E-state index contributed by atoms with van der Waals surface area (Å²) in [5.74, 6) is 0.991. The van der Waals surface area contributed by atoms with E-state index in [4.69, 9.17) is 11.0 Å². The fourth-order valence-electron chi connectivity index (χ4n) is 4.04. The summed E-state index contributed by atoms with van der Waals surface area (Å²) in [6.07, 6.45) is 9.57. The number of pyridine rings is 1. The number of nitriles is 1. The van der Waals surface area contributed by atoms with Gasteiger partial charge < -0.3 is 21.3 Å². The number of hydrogen-bond donors (Lipinski definition) is 4. The Balaban J connectivity index is 0.000000216. The van der Waals surface area contributed by atoms with Crippen molar-refractivity contribution in [3.05, 3.63) is 126 Å². The van der Waals surface area contributed by atoms with Crippen LogP contribution < -0.4 is 11.1 Å². The molecule has 5 N–H and O–H groups in total. The molecular formula is C33H38N4O2. The topological polar surface area (TPSA) is 115 Å². The second-order valence-electron chi connectivity index (χ2n) is 10.3. The Hall–Kier alpha value is -4.34. The quantitative estimate of drug-likeness (QED) is 0.127. The second kappa shape index (κ2) is 13.5. The zero-order valence-corrected chi connectivity index (χ0v) is 22.8. The minimum absolute atomic E-state index is 0.0656. The van der Waals surface area contributed by atoms with Crippen molar-refractivity contribution >= 4 is 11.4 Å². The Bertz CT molecular complexity index is 1350. The summed E-state index contributed by atoms with van der Waals surface area (Å²) in [6, 6.07) is 20.4.